The highest BCUT2D eigenvalue weighted by molar-refractivity contribution is 5.89. The van der Waals surface area contributed by atoms with Crippen LogP contribution in [0.25, 0.3) is 0 Å². The fourth-order valence-electron chi connectivity index (χ4n) is 10.5. The van der Waals surface area contributed by atoms with Crippen LogP contribution in [0.3, 0.4) is 0 Å². The predicted octanol–water partition coefficient (Wildman–Crippen LogP) is 7.58. The molecule has 4 heteroatoms. The largest absolute Gasteiger partial charge is 0.458 e. The van der Waals surface area contributed by atoms with Crippen LogP contribution in [0.1, 0.15) is 95.8 Å². The van der Waals surface area contributed by atoms with E-state index in [0.717, 1.165) is 50.0 Å². The molecular formula is C34H46O4. The molecule has 4 nitrogen and oxygen atoms in total. The minimum atomic E-state index is -0.326. The highest BCUT2D eigenvalue weighted by Crippen LogP contribution is 2.70. The van der Waals surface area contributed by atoms with E-state index < -0.39 is 0 Å². The third-order valence-electron chi connectivity index (χ3n) is 12.6. The number of rotatable bonds is 2. The molecule has 1 aromatic rings. The molecule has 2 aliphatic heterocycles. The fraction of sp³-hybridized carbons (Fsp3) is 0.735. The van der Waals surface area contributed by atoms with E-state index in [4.69, 9.17) is 14.2 Å². The number of hydrogen-bond acceptors (Lipinski definition) is 4. The average Bonchev–Trinajstić information content (AvgIpc) is 3.36. The summed E-state index contributed by atoms with van der Waals surface area (Å²) < 4.78 is 19.5. The number of fused-ring (bicyclic) bond motifs is 7. The summed E-state index contributed by atoms with van der Waals surface area (Å²) in [6.07, 6.45) is 13.3. The lowest BCUT2D eigenvalue weighted by Gasteiger charge is -2.58. The molecule has 5 fully saturated rings. The molecule has 0 aromatic heterocycles. The maximum Gasteiger partial charge on any atom is 0.338 e. The molecule has 0 amide bonds. The van der Waals surface area contributed by atoms with Crippen molar-refractivity contribution in [1.29, 1.82) is 0 Å². The number of ether oxygens (including phenoxy) is 3. The van der Waals surface area contributed by atoms with Crippen LogP contribution in [-0.2, 0) is 14.2 Å². The summed E-state index contributed by atoms with van der Waals surface area (Å²) in [6, 6.07) is 9.45. The molecule has 0 bridgehead atoms. The molecule has 6 aliphatic rings. The van der Waals surface area contributed by atoms with Crippen molar-refractivity contribution >= 4 is 5.97 Å². The quantitative estimate of drug-likeness (QED) is 0.299. The van der Waals surface area contributed by atoms with Crippen LogP contribution < -0.4 is 0 Å². The summed E-state index contributed by atoms with van der Waals surface area (Å²) >= 11 is 0. The summed E-state index contributed by atoms with van der Waals surface area (Å²) in [5, 5.41) is 0. The first-order valence-corrected chi connectivity index (χ1v) is 15.5. The van der Waals surface area contributed by atoms with Crippen LogP contribution >= 0.6 is 0 Å². The Morgan fingerprint density at radius 3 is 2.58 bits per heavy atom. The number of esters is 1. The number of hydrogen-bond donors (Lipinski definition) is 0. The molecular weight excluding hydrogens is 472 g/mol. The number of carbonyl (C=O) groups excluding carboxylic acids is 1. The second-order valence-electron chi connectivity index (χ2n) is 14.4. The van der Waals surface area contributed by atoms with Crippen LogP contribution in [-0.4, -0.2) is 30.6 Å². The highest BCUT2D eigenvalue weighted by Gasteiger charge is 2.68. The van der Waals surface area contributed by atoms with Crippen LogP contribution in [0.2, 0.25) is 0 Å². The van der Waals surface area contributed by atoms with E-state index in [1.165, 1.54) is 32.1 Å². The summed E-state index contributed by atoms with van der Waals surface area (Å²) in [6.45, 7) is 10.7. The number of carbonyl (C=O) groups is 1. The first-order valence-electron chi connectivity index (χ1n) is 15.5. The Hall–Kier alpha value is -1.65. The van der Waals surface area contributed by atoms with Gasteiger partial charge in [-0.2, -0.15) is 0 Å². The molecule has 206 valence electrons. The smallest absolute Gasteiger partial charge is 0.338 e. The van der Waals surface area contributed by atoms with Crippen LogP contribution in [0, 0.1) is 46.3 Å². The van der Waals surface area contributed by atoms with Gasteiger partial charge in [0.2, 0.25) is 0 Å². The van der Waals surface area contributed by atoms with Crippen LogP contribution in [0.5, 0.6) is 0 Å². The van der Waals surface area contributed by atoms with Gasteiger partial charge in [0.15, 0.2) is 5.79 Å². The zero-order valence-corrected chi connectivity index (χ0v) is 23.8. The van der Waals surface area contributed by atoms with E-state index in [1.54, 1.807) is 5.57 Å². The van der Waals surface area contributed by atoms with Crippen molar-refractivity contribution in [2.45, 2.75) is 103 Å². The Kier molecular flexibility index (Phi) is 5.95. The van der Waals surface area contributed by atoms with E-state index in [9.17, 15) is 4.79 Å². The van der Waals surface area contributed by atoms with Crippen molar-refractivity contribution in [2.75, 3.05) is 6.61 Å². The summed E-state index contributed by atoms with van der Waals surface area (Å²) in [5.41, 5.74) is 2.81. The molecule has 7 rings (SSSR count). The molecule has 0 radical (unpaired) electrons. The monoisotopic (exact) mass is 518 g/mol. The minimum absolute atomic E-state index is 0.00178. The van der Waals surface area contributed by atoms with E-state index in [-0.39, 0.29) is 23.3 Å². The fourth-order valence-corrected chi connectivity index (χ4v) is 10.5. The van der Waals surface area contributed by atoms with Gasteiger partial charge in [-0.25, -0.2) is 4.79 Å². The van der Waals surface area contributed by atoms with Crippen molar-refractivity contribution in [1.82, 2.24) is 0 Å². The van der Waals surface area contributed by atoms with Crippen molar-refractivity contribution < 1.29 is 19.0 Å². The van der Waals surface area contributed by atoms with E-state index in [1.807, 2.05) is 30.3 Å². The average molecular weight is 519 g/mol. The van der Waals surface area contributed by atoms with Gasteiger partial charge in [-0.15, -0.1) is 0 Å². The zero-order chi connectivity index (χ0) is 26.3. The van der Waals surface area contributed by atoms with Gasteiger partial charge in [-0.05, 0) is 97.5 Å². The lowest BCUT2D eigenvalue weighted by molar-refractivity contribution is -0.272. The second kappa shape index (κ2) is 8.93. The molecule has 1 aromatic carbocycles. The molecule has 38 heavy (non-hydrogen) atoms. The van der Waals surface area contributed by atoms with Gasteiger partial charge in [0, 0.05) is 18.8 Å². The predicted molar refractivity (Wildman–Crippen MR) is 147 cm³/mol. The molecule has 11 atom stereocenters. The van der Waals surface area contributed by atoms with Gasteiger partial charge >= 0.3 is 5.97 Å². The van der Waals surface area contributed by atoms with Crippen LogP contribution in [0.15, 0.2) is 42.0 Å². The Morgan fingerprint density at radius 1 is 1.00 bits per heavy atom. The molecule has 2 saturated heterocycles. The van der Waals surface area contributed by atoms with Gasteiger partial charge in [0.1, 0.15) is 6.10 Å². The standard InChI is InChI=1S/C34H46O4/c1-21-12-17-34(36-20-21)22(2)30-29(38-34)19-28-26-11-10-24-18-25(37-31(35)23-8-6-5-7-9-23)13-15-32(24,3)27(26)14-16-33(28,30)4/h5-10,21-22,25-30H,11-20H2,1-4H3/t21-,22+,25-,26-,27+,28-,29-,30+,32+,33+,34-/m1/s1. The number of benzene rings is 1. The maximum absolute atomic E-state index is 12.7. The molecule has 4 aliphatic carbocycles. The third-order valence-corrected chi connectivity index (χ3v) is 12.6. The summed E-state index contributed by atoms with van der Waals surface area (Å²) in [5.74, 6) is 3.46. The van der Waals surface area contributed by atoms with Gasteiger partial charge in [-0.1, -0.05) is 57.5 Å². The van der Waals surface area contributed by atoms with Gasteiger partial charge in [-0.3, -0.25) is 0 Å². The lowest BCUT2D eigenvalue weighted by atomic mass is 9.47. The summed E-state index contributed by atoms with van der Waals surface area (Å²) in [7, 11) is 0. The maximum atomic E-state index is 12.7. The van der Waals surface area contributed by atoms with Crippen molar-refractivity contribution in [3.63, 3.8) is 0 Å². The van der Waals surface area contributed by atoms with E-state index >= 15 is 0 Å². The van der Waals surface area contributed by atoms with Crippen molar-refractivity contribution in [3.8, 4) is 0 Å². The molecule has 0 N–H and O–H groups in total. The van der Waals surface area contributed by atoms with Gasteiger partial charge < -0.3 is 14.2 Å². The van der Waals surface area contributed by atoms with E-state index in [0.29, 0.717) is 34.8 Å². The molecule has 0 unspecified atom stereocenters. The second-order valence-corrected chi connectivity index (χ2v) is 14.4. The minimum Gasteiger partial charge on any atom is -0.458 e. The van der Waals surface area contributed by atoms with Crippen molar-refractivity contribution in [2.24, 2.45) is 46.3 Å². The van der Waals surface area contributed by atoms with E-state index in [2.05, 4.69) is 33.8 Å². The normalized spacial score (nSPS) is 49.4. The van der Waals surface area contributed by atoms with Crippen molar-refractivity contribution in [3.05, 3.63) is 47.5 Å². The molecule has 3 saturated carbocycles. The Morgan fingerprint density at radius 2 is 1.82 bits per heavy atom. The third kappa shape index (κ3) is 3.65. The Labute approximate surface area is 228 Å². The highest BCUT2D eigenvalue weighted by atomic mass is 16.7. The topological polar surface area (TPSA) is 44.8 Å². The first-order chi connectivity index (χ1) is 18.2. The molecule has 2 heterocycles. The number of allylic oxidation sites excluding steroid dienone is 1. The van der Waals surface area contributed by atoms with Gasteiger partial charge in [0.25, 0.3) is 0 Å². The zero-order valence-electron chi connectivity index (χ0n) is 23.8. The Balaban J connectivity index is 1.08. The molecule has 1 spiro atoms. The lowest BCUT2D eigenvalue weighted by Crippen LogP contribution is -2.52. The summed E-state index contributed by atoms with van der Waals surface area (Å²) in [4.78, 5) is 12.7. The SMILES string of the molecule is C[C@@H]1CC[C@@]2(OC1)O[C@@H]1C[C@@H]3[C@@H]4CC=C5C[C@H](OC(=O)c6ccccc6)CC[C@]5(C)[C@H]4CC[C@]3(C)[C@H]1[C@@H]2C. The van der Waals surface area contributed by atoms with Crippen LogP contribution in [0.4, 0.5) is 0 Å². The Bertz CT molecular complexity index is 1100. The first kappa shape index (κ1) is 25.3. The van der Waals surface area contributed by atoms with Gasteiger partial charge in [0.05, 0.1) is 18.3 Å².